The molecule has 0 radical (unpaired) electrons. The van der Waals surface area contributed by atoms with Crippen LogP contribution < -0.4 is 0 Å². The Kier molecular flexibility index (Phi) is 6.79. The first-order valence-corrected chi connectivity index (χ1v) is 8.64. The van der Waals surface area contributed by atoms with Crippen LogP contribution in [0, 0.1) is 5.41 Å². The highest BCUT2D eigenvalue weighted by Gasteiger charge is 2.39. The van der Waals surface area contributed by atoms with Gasteiger partial charge in [-0.25, -0.2) is 0 Å². The molecule has 1 fully saturated rings. The highest BCUT2D eigenvalue weighted by Crippen LogP contribution is 2.30. The van der Waals surface area contributed by atoms with Crippen LogP contribution in [0.1, 0.15) is 38.2 Å². The molecule has 132 valence electrons. The molecule has 0 aliphatic carbocycles. The van der Waals surface area contributed by atoms with Crippen LogP contribution in [0.2, 0.25) is 0 Å². The second kappa shape index (κ2) is 8.83. The van der Waals surface area contributed by atoms with E-state index in [1.165, 1.54) is 5.56 Å². The second-order valence-corrected chi connectivity index (χ2v) is 6.74. The molecule has 5 heteroatoms. The number of benzene rings is 1. The fourth-order valence-corrected chi connectivity index (χ4v) is 3.05. The van der Waals surface area contributed by atoms with Crippen LogP contribution in [0.4, 0.5) is 0 Å². The summed E-state index contributed by atoms with van der Waals surface area (Å²) in [6.07, 6.45) is 3.35. The van der Waals surface area contributed by atoms with Gasteiger partial charge in [0.2, 0.25) is 5.91 Å². The minimum absolute atomic E-state index is 0.0360. The van der Waals surface area contributed by atoms with Crippen molar-refractivity contribution in [3.63, 3.8) is 0 Å². The van der Waals surface area contributed by atoms with Gasteiger partial charge in [-0.05, 0) is 38.2 Å². The third kappa shape index (κ3) is 5.34. The molecule has 1 unspecified atom stereocenters. The van der Waals surface area contributed by atoms with Crippen molar-refractivity contribution in [3.8, 4) is 0 Å². The number of carboxylic acids is 1. The lowest BCUT2D eigenvalue weighted by molar-refractivity contribution is -0.153. The van der Waals surface area contributed by atoms with E-state index in [1.807, 2.05) is 18.2 Å². The molecule has 1 aliphatic rings. The number of hydrogen-bond donors (Lipinski definition) is 1. The topological polar surface area (TPSA) is 66.8 Å². The molecule has 1 heterocycles. The number of piperidine rings is 1. The Morgan fingerprint density at radius 3 is 2.71 bits per heavy atom. The number of rotatable bonds is 8. The number of nitrogens with zero attached hydrogens (tertiary/aromatic N) is 1. The minimum Gasteiger partial charge on any atom is -0.481 e. The van der Waals surface area contributed by atoms with Gasteiger partial charge in [0, 0.05) is 26.1 Å². The van der Waals surface area contributed by atoms with E-state index in [2.05, 4.69) is 12.1 Å². The molecule has 5 nitrogen and oxygen atoms in total. The van der Waals surface area contributed by atoms with Gasteiger partial charge in [0.1, 0.15) is 0 Å². The van der Waals surface area contributed by atoms with Crippen LogP contribution in [-0.4, -0.2) is 48.2 Å². The molecule has 2 rings (SSSR count). The first-order chi connectivity index (χ1) is 11.5. The van der Waals surface area contributed by atoms with Crippen molar-refractivity contribution < 1.29 is 19.4 Å². The lowest BCUT2D eigenvalue weighted by Gasteiger charge is -2.37. The molecule has 1 amide bonds. The molecule has 0 bridgehead atoms. The van der Waals surface area contributed by atoms with E-state index in [9.17, 15) is 14.7 Å². The van der Waals surface area contributed by atoms with Gasteiger partial charge in [0.15, 0.2) is 0 Å². The summed E-state index contributed by atoms with van der Waals surface area (Å²) in [4.78, 5) is 25.3. The Morgan fingerprint density at radius 2 is 2.00 bits per heavy atom. The predicted octanol–water partition coefficient (Wildman–Crippen LogP) is 2.74. The van der Waals surface area contributed by atoms with E-state index >= 15 is 0 Å². The Hall–Kier alpha value is -1.88. The largest absolute Gasteiger partial charge is 0.481 e. The first kappa shape index (κ1) is 18.5. The summed E-state index contributed by atoms with van der Waals surface area (Å²) in [7, 11) is 0. The normalized spacial score (nSPS) is 20.8. The Morgan fingerprint density at radius 1 is 1.25 bits per heavy atom. The number of carbonyl (C=O) groups excluding carboxylic acids is 1. The van der Waals surface area contributed by atoms with Gasteiger partial charge < -0.3 is 14.7 Å². The SMILES string of the molecule is CC1(C(=O)O)CCCN(C(=O)CCCOCCc2ccccc2)C1. The zero-order valence-corrected chi connectivity index (χ0v) is 14.4. The molecule has 0 saturated carbocycles. The summed E-state index contributed by atoms with van der Waals surface area (Å²) in [6, 6.07) is 10.2. The van der Waals surface area contributed by atoms with Crippen molar-refractivity contribution in [2.75, 3.05) is 26.3 Å². The molecular formula is C19H27NO4. The molecule has 1 aliphatic heterocycles. The molecule has 24 heavy (non-hydrogen) atoms. The van der Waals surface area contributed by atoms with Crippen molar-refractivity contribution >= 4 is 11.9 Å². The van der Waals surface area contributed by atoms with E-state index in [1.54, 1.807) is 11.8 Å². The van der Waals surface area contributed by atoms with Crippen molar-refractivity contribution in [1.29, 1.82) is 0 Å². The second-order valence-electron chi connectivity index (χ2n) is 6.74. The summed E-state index contributed by atoms with van der Waals surface area (Å²) < 4.78 is 5.59. The Labute approximate surface area is 143 Å². The molecule has 1 atom stereocenters. The van der Waals surface area contributed by atoms with Crippen molar-refractivity contribution in [1.82, 2.24) is 4.90 Å². The predicted molar refractivity (Wildman–Crippen MR) is 91.8 cm³/mol. The highest BCUT2D eigenvalue weighted by atomic mass is 16.5. The molecule has 0 spiro atoms. The third-order valence-corrected chi connectivity index (χ3v) is 4.62. The summed E-state index contributed by atoms with van der Waals surface area (Å²) in [6.45, 7) is 3.91. The third-order valence-electron chi connectivity index (χ3n) is 4.62. The van der Waals surface area contributed by atoms with E-state index in [0.29, 0.717) is 45.6 Å². The maximum Gasteiger partial charge on any atom is 0.311 e. The quantitative estimate of drug-likeness (QED) is 0.743. The molecule has 1 N–H and O–H groups in total. The average Bonchev–Trinajstić information content (AvgIpc) is 2.58. The van der Waals surface area contributed by atoms with Gasteiger partial charge >= 0.3 is 5.97 Å². The summed E-state index contributed by atoms with van der Waals surface area (Å²) in [5, 5.41) is 9.31. The standard InChI is InChI=1S/C19H27NO4/c1-19(18(22)23)11-6-12-20(15-19)17(21)9-5-13-24-14-10-16-7-3-2-4-8-16/h2-4,7-8H,5-6,9-15H2,1H3,(H,22,23). The highest BCUT2D eigenvalue weighted by molar-refractivity contribution is 5.79. The minimum atomic E-state index is -0.816. The average molecular weight is 333 g/mol. The van der Waals surface area contributed by atoms with Gasteiger partial charge in [-0.1, -0.05) is 30.3 Å². The first-order valence-electron chi connectivity index (χ1n) is 8.64. The molecule has 1 aromatic rings. The zero-order chi connectivity index (χ0) is 17.4. The lowest BCUT2D eigenvalue weighted by atomic mass is 9.82. The van der Waals surface area contributed by atoms with E-state index < -0.39 is 11.4 Å². The number of carboxylic acid groups (broad SMARTS) is 1. The van der Waals surface area contributed by atoms with Crippen molar-refractivity contribution in [2.45, 2.75) is 39.0 Å². The number of carbonyl (C=O) groups is 2. The Balaban J connectivity index is 1.62. The van der Waals surface area contributed by atoms with Crippen LogP contribution >= 0.6 is 0 Å². The van der Waals surface area contributed by atoms with Gasteiger partial charge in [0.05, 0.1) is 12.0 Å². The fourth-order valence-electron chi connectivity index (χ4n) is 3.05. The van der Waals surface area contributed by atoms with Gasteiger partial charge in [-0.2, -0.15) is 0 Å². The van der Waals surface area contributed by atoms with Crippen LogP contribution in [0.15, 0.2) is 30.3 Å². The van der Waals surface area contributed by atoms with Crippen LogP contribution in [0.5, 0.6) is 0 Å². The molecule has 1 saturated heterocycles. The number of ether oxygens (including phenoxy) is 1. The maximum absolute atomic E-state index is 12.2. The summed E-state index contributed by atoms with van der Waals surface area (Å²) in [5.74, 6) is -0.780. The maximum atomic E-state index is 12.2. The lowest BCUT2D eigenvalue weighted by Crippen LogP contribution is -2.48. The summed E-state index contributed by atoms with van der Waals surface area (Å²) >= 11 is 0. The Bertz CT molecular complexity index is 546. The van der Waals surface area contributed by atoms with Crippen LogP contribution in [-0.2, 0) is 20.7 Å². The molecule has 0 aromatic heterocycles. The van der Waals surface area contributed by atoms with E-state index in [-0.39, 0.29) is 5.91 Å². The zero-order valence-electron chi connectivity index (χ0n) is 14.4. The van der Waals surface area contributed by atoms with Gasteiger partial charge in [-0.15, -0.1) is 0 Å². The van der Waals surface area contributed by atoms with Crippen LogP contribution in [0.25, 0.3) is 0 Å². The number of likely N-dealkylation sites (tertiary alicyclic amines) is 1. The fraction of sp³-hybridized carbons (Fsp3) is 0.579. The number of hydrogen-bond acceptors (Lipinski definition) is 3. The van der Waals surface area contributed by atoms with Crippen LogP contribution in [0.3, 0.4) is 0 Å². The number of aliphatic carboxylic acids is 1. The van der Waals surface area contributed by atoms with E-state index in [4.69, 9.17) is 4.74 Å². The monoisotopic (exact) mass is 333 g/mol. The van der Waals surface area contributed by atoms with Gasteiger partial charge in [-0.3, -0.25) is 9.59 Å². The van der Waals surface area contributed by atoms with Crippen molar-refractivity contribution in [2.24, 2.45) is 5.41 Å². The van der Waals surface area contributed by atoms with E-state index in [0.717, 1.165) is 12.8 Å². The molecular weight excluding hydrogens is 306 g/mol. The van der Waals surface area contributed by atoms with Crippen molar-refractivity contribution in [3.05, 3.63) is 35.9 Å². The number of amides is 1. The molecule has 1 aromatic carbocycles. The smallest absolute Gasteiger partial charge is 0.311 e. The van der Waals surface area contributed by atoms with Gasteiger partial charge in [0.25, 0.3) is 0 Å². The summed E-state index contributed by atoms with van der Waals surface area (Å²) in [5.41, 5.74) is 0.440.